The third-order valence-electron chi connectivity index (χ3n) is 5.47. The average Bonchev–Trinajstić information content (AvgIpc) is 3.54. The molecule has 146 valence electrons. The zero-order valence-corrected chi connectivity index (χ0v) is 17.0. The molecular weight excluding hydrogens is 380 g/mol. The van der Waals surface area contributed by atoms with Gasteiger partial charge in [-0.3, -0.25) is 4.79 Å². The van der Waals surface area contributed by atoms with E-state index in [1.165, 1.54) is 11.9 Å². The Hall–Kier alpha value is -3.05. The van der Waals surface area contributed by atoms with E-state index < -0.39 is 11.4 Å². The second-order valence-electron chi connectivity index (χ2n) is 7.47. The van der Waals surface area contributed by atoms with Crippen LogP contribution in [0.15, 0.2) is 82.9 Å². The number of nitrogens with two attached hydrogens (primary N) is 1. The van der Waals surface area contributed by atoms with E-state index in [1.54, 1.807) is 0 Å². The molecule has 0 unspecified atom stereocenters. The summed E-state index contributed by atoms with van der Waals surface area (Å²) in [5.74, 6) is -0.730. The van der Waals surface area contributed by atoms with E-state index in [2.05, 4.69) is 11.0 Å². The van der Waals surface area contributed by atoms with E-state index in [0.29, 0.717) is 18.5 Å². The minimum absolute atomic E-state index is 0.628. The molecule has 0 saturated heterocycles. The normalized spacial score (nSPS) is 23.5. The molecule has 1 saturated carbocycles. The van der Waals surface area contributed by atoms with Gasteiger partial charge in [0.1, 0.15) is 0 Å². The van der Waals surface area contributed by atoms with Gasteiger partial charge in [0.15, 0.2) is 0 Å². The Morgan fingerprint density at radius 2 is 1.59 bits per heavy atom. The highest BCUT2D eigenvalue weighted by Gasteiger charge is 2.51. The predicted molar refractivity (Wildman–Crippen MR) is 121 cm³/mol. The number of carboxylic acid groups (broad SMARTS) is 1. The molecule has 1 aliphatic carbocycles. The number of carbonyl (C=O) groups is 1. The zero-order valence-electron chi connectivity index (χ0n) is 16.2. The molecule has 2 aromatic rings. The molecule has 5 heteroatoms. The maximum Gasteiger partial charge on any atom is 0.314 e. The summed E-state index contributed by atoms with van der Waals surface area (Å²) >= 11 is 1.36. The Kier molecular flexibility index (Phi) is 4.92. The van der Waals surface area contributed by atoms with E-state index >= 15 is 0 Å². The smallest absolute Gasteiger partial charge is 0.314 e. The van der Waals surface area contributed by atoms with Gasteiger partial charge in [0.25, 0.3) is 0 Å². The molecule has 4 nitrogen and oxygen atoms in total. The van der Waals surface area contributed by atoms with Crippen LogP contribution < -0.4 is 5.73 Å². The number of allylic oxidation sites excluding steroid dienone is 2. The van der Waals surface area contributed by atoms with E-state index in [0.717, 1.165) is 38.4 Å². The molecule has 0 amide bonds. The van der Waals surface area contributed by atoms with E-state index in [9.17, 15) is 9.90 Å². The second-order valence-corrected chi connectivity index (χ2v) is 8.24. The first-order chi connectivity index (χ1) is 13.9. The first kappa shape index (κ1) is 19.3. The van der Waals surface area contributed by atoms with Crippen LogP contribution in [0.5, 0.6) is 0 Å². The molecule has 2 aliphatic rings. The van der Waals surface area contributed by atoms with Gasteiger partial charge in [-0.1, -0.05) is 61.2 Å². The van der Waals surface area contributed by atoms with Gasteiger partial charge in [0.2, 0.25) is 0 Å². The SMILES string of the molecule is C=C1/C=C\C(C)=N/S/C(c2ccc(-c3ccc(C4(C(=O)O)CC4)cc3)cc2)=C\1N. The lowest BCUT2D eigenvalue weighted by atomic mass is 9.93. The summed E-state index contributed by atoms with van der Waals surface area (Å²) in [5.41, 5.74) is 11.9. The van der Waals surface area contributed by atoms with E-state index in [1.807, 2.05) is 67.6 Å². The Morgan fingerprint density at radius 1 is 1.03 bits per heavy atom. The van der Waals surface area contributed by atoms with Gasteiger partial charge < -0.3 is 10.8 Å². The number of hydrogen-bond acceptors (Lipinski definition) is 4. The maximum absolute atomic E-state index is 11.5. The zero-order chi connectivity index (χ0) is 20.6. The highest BCUT2D eigenvalue weighted by atomic mass is 32.2. The van der Waals surface area contributed by atoms with Crippen LogP contribution in [-0.2, 0) is 10.2 Å². The van der Waals surface area contributed by atoms with Gasteiger partial charge in [-0.25, -0.2) is 4.40 Å². The fraction of sp³-hybridized carbons (Fsp3) is 0.167. The van der Waals surface area contributed by atoms with Crippen molar-refractivity contribution >= 4 is 28.5 Å². The van der Waals surface area contributed by atoms with Crippen molar-refractivity contribution in [2.24, 2.45) is 10.1 Å². The van der Waals surface area contributed by atoms with Gasteiger partial charge in [-0.2, -0.15) is 0 Å². The summed E-state index contributed by atoms with van der Waals surface area (Å²) in [6.45, 7) is 5.98. The standard InChI is InChI=1S/C24H22N2O2S/c1-15-3-4-16(2)26-29-22(21(15)25)19-7-5-17(6-8-19)18-9-11-20(12-10-18)24(13-14-24)23(27)28/h3-12H,1,13-14,25H2,2H3,(H,27,28)/b4-3-,22-21+,26-16-. The van der Waals surface area contributed by atoms with Crippen molar-refractivity contribution in [2.45, 2.75) is 25.2 Å². The number of rotatable bonds is 4. The molecule has 1 aliphatic heterocycles. The number of benzene rings is 2. The molecular formula is C24H22N2O2S. The molecule has 0 spiro atoms. The molecule has 0 radical (unpaired) electrons. The lowest BCUT2D eigenvalue weighted by molar-refractivity contribution is -0.140. The monoisotopic (exact) mass is 402 g/mol. The third kappa shape index (κ3) is 3.66. The maximum atomic E-state index is 11.5. The summed E-state index contributed by atoms with van der Waals surface area (Å²) in [7, 11) is 0. The first-order valence-electron chi connectivity index (χ1n) is 9.44. The molecule has 29 heavy (non-hydrogen) atoms. The third-order valence-corrected chi connectivity index (χ3v) is 6.49. The van der Waals surface area contributed by atoms with E-state index in [-0.39, 0.29) is 0 Å². The molecule has 0 aromatic heterocycles. The number of aliphatic carboxylic acids is 1. The van der Waals surface area contributed by atoms with Crippen molar-refractivity contribution in [2.75, 3.05) is 0 Å². The molecule has 1 heterocycles. The Bertz CT molecular complexity index is 1070. The summed E-state index contributed by atoms with van der Waals surface area (Å²) in [4.78, 5) is 12.4. The number of hydrogen-bond donors (Lipinski definition) is 2. The fourth-order valence-electron chi connectivity index (χ4n) is 3.41. The highest BCUT2D eigenvalue weighted by Crippen LogP contribution is 2.48. The van der Waals surface area contributed by atoms with Gasteiger partial charge in [0.05, 0.1) is 16.0 Å². The lowest BCUT2D eigenvalue weighted by Crippen LogP contribution is -2.19. The topological polar surface area (TPSA) is 75.7 Å². The quantitative estimate of drug-likeness (QED) is 0.678. The first-order valence-corrected chi connectivity index (χ1v) is 10.2. The summed E-state index contributed by atoms with van der Waals surface area (Å²) in [5, 5.41) is 9.46. The number of carboxylic acids is 1. The van der Waals surface area contributed by atoms with Crippen LogP contribution in [0.4, 0.5) is 0 Å². The van der Waals surface area contributed by atoms with Gasteiger partial charge in [0, 0.05) is 17.7 Å². The summed E-state index contributed by atoms with van der Waals surface area (Å²) in [6, 6.07) is 16.0. The highest BCUT2D eigenvalue weighted by molar-refractivity contribution is 8.07. The van der Waals surface area contributed by atoms with Crippen LogP contribution in [0.25, 0.3) is 16.0 Å². The van der Waals surface area contributed by atoms with Crippen LogP contribution in [0.1, 0.15) is 30.9 Å². The molecule has 2 aromatic carbocycles. The predicted octanol–water partition coefficient (Wildman–Crippen LogP) is 5.33. The lowest BCUT2D eigenvalue weighted by Gasteiger charge is -2.13. The largest absolute Gasteiger partial charge is 0.481 e. The van der Waals surface area contributed by atoms with Crippen molar-refractivity contribution in [1.82, 2.24) is 0 Å². The van der Waals surface area contributed by atoms with Gasteiger partial charge >= 0.3 is 5.97 Å². The Morgan fingerprint density at radius 3 is 2.14 bits per heavy atom. The summed E-state index contributed by atoms with van der Waals surface area (Å²) in [6.07, 6.45) is 5.22. The number of nitrogens with zero attached hydrogens (tertiary/aromatic N) is 1. The van der Waals surface area contributed by atoms with Crippen LogP contribution in [0.3, 0.4) is 0 Å². The minimum Gasteiger partial charge on any atom is -0.481 e. The Labute approximate surface area is 174 Å². The van der Waals surface area contributed by atoms with Crippen LogP contribution in [0.2, 0.25) is 0 Å². The summed E-state index contributed by atoms with van der Waals surface area (Å²) < 4.78 is 4.48. The fourth-order valence-corrected chi connectivity index (χ4v) is 4.18. The van der Waals surface area contributed by atoms with Crippen LogP contribution >= 0.6 is 11.9 Å². The minimum atomic E-state index is -0.730. The van der Waals surface area contributed by atoms with Crippen molar-refractivity contribution in [1.29, 1.82) is 0 Å². The molecule has 0 bridgehead atoms. The molecule has 0 atom stereocenters. The van der Waals surface area contributed by atoms with Crippen LogP contribution in [-0.4, -0.2) is 16.8 Å². The average molecular weight is 403 g/mol. The van der Waals surface area contributed by atoms with Gasteiger partial charge in [-0.15, -0.1) is 0 Å². The molecule has 3 N–H and O–H groups in total. The van der Waals surface area contributed by atoms with Crippen molar-refractivity contribution in [3.8, 4) is 11.1 Å². The van der Waals surface area contributed by atoms with Crippen molar-refractivity contribution in [3.05, 3.63) is 89.7 Å². The van der Waals surface area contributed by atoms with Crippen molar-refractivity contribution < 1.29 is 9.90 Å². The van der Waals surface area contributed by atoms with Crippen LogP contribution in [0, 0.1) is 0 Å². The van der Waals surface area contributed by atoms with Gasteiger partial charge in [-0.05, 0) is 53.7 Å². The molecule has 1 fully saturated rings. The van der Waals surface area contributed by atoms with E-state index in [4.69, 9.17) is 5.73 Å². The Balaban J connectivity index is 1.60. The van der Waals surface area contributed by atoms with Crippen molar-refractivity contribution in [3.63, 3.8) is 0 Å². The molecule has 4 rings (SSSR count). The second kappa shape index (κ2) is 7.41.